The lowest BCUT2D eigenvalue weighted by Crippen LogP contribution is -2.20. The molecule has 0 nitrogen and oxygen atoms in total. The molecule has 0 aromatic heterocycles. The highest BCUT2D eigenvalue weighted by atomic mass is 14.3. The molecule has 4 saturated carbocycles. The largest absolute Gasteiger partial charge is 0.0683 e. The molecule has 0 heteroatoms. The van der Waals surface area contributed by atoms with Crippen molar-refractivity contribution in [3.8, 4) is 0 Å². The van der Waals surface area contributed by atoms with Crippen molar-refractivity contribution in [2.45, 2.75) is 142 Å². The molecule has 0 aliphatic heterocycles. The lowest BCUT2D eigenvalue weighted by molar-refractivity contribution is 0.196. The summed E-state index contributed by atoms with van der Waals surface area (Å²) in [6.45, 7) is 4.00. The first kappa shape index (κ1) is 22.3. The summed E-state index contributed by atoms with van der Waals surface area (Å²) in [5, 5.41) is 0. The molecule has 0 N–H and O–H groups in total. The van der Waals surface area contributed by atoms with E-state index in [0.29, 0.717) is 0 Å². The number of rotatable bonds is 2. The molecular weight excluding hydrogens is 312 g/mol. The van der Waals surface area contributed by atoms with Crippen LogP contribution in [0.15, 0.2) is 0 Å². The third-order valence-corrected chi connectivity index (χ3v) is 7.93. The van der Waals surface area contributed by atoms with Gasteiger partial charge in [0.2, 0.25) is 0 Å². The Labute approximate surface area is 166 Å². The second kappa shape index (κ2) is 14.1. The zero-order valence-electron chi connectivity index (χ0n) is 18.5. The highest BCUT2D eigenvalue weighted by Crippen LogP contribution is 2.38. The van der Waals surface area contributed by atoms with Crippen LogP contribution in [0.5, 0.6) is 0 Å². The average molecular weight is 363 g/mol. The van der Waals surface area contributed by atoms with Gasteiger partial charge in [-0.2, -0.15) is 0 Å². The number of hydrogen-bond acceptors (Lipinski definition) is 0. The van der Waals surface area contributed by atoms with Crippen molar-refractivity contribution in [3.63, 3.8) is 0 Å². The Morgan fingerprint density at radius 1 is 0.269 bits per heavy atom. The monoisotopic (exact) mass is 362 g/mol. The SMILES string of the molecule is C1CCC(C2CCCCC2)CC1.C1CCC(C2CCCCC2)CC1.CC. The third-order valence-electron chi connectivity index (χ3n) is 7.93. The van der Waals surface area contributed by atoms with Gasteiger partial charge in [0, 0.05) is 0 Å². The summed E-state index contributed by atoms with van der Waals surface area (Å²) in [6.07, 6.45) is 30.8. The summed E-state index contributed by atoms with van der Waals surface area (Å²) in [6, 6.07) is 0. The molecule has 0 unspecified atom stereocenters. The minimum Gasteiger partial charge on any atom is -0.0683 e. The highest BCUT2D eigenvalue weighted by Gasteiger charge is 2.25. The molecule has 4 fully saturated rings. The van der Waals surface area contributed by atoms with Gasteiger partial charge < -0.3 is 0 Å². The molecule has 26 heavy (non-hydrogen) atoms. The van der Waals surface area contributed by atoms with Crippen molar-refractivity contribution in [1.82, 2.24) is 0 Å². The normalized spacial score (nSPS) is 27.0. The van der Waals surface area contributed by atoms with Gasteiger partial charge in [0.25, 0.3) is 0 Å². The van der Waals surface area contributed by atoms with Crippen LogP contribution < -0.4 is 0 Å². The fourth-order valence-corrected chi connectivity index (χ4v) is 6.42. The standard InChI is InChI=1S/2C12H22.C2H6/c2*1-3-7-11(8-4-1)12-9-5-2-6-10-12;1-2/h2*11-12H,1-10H2;1-2H3. The first-order valence-electron chi connectivity index (χ1n) is 12.9. The molecule has 4 aliphatic carbocycles. The van der Waals surface area contributed by atoms with E-state index in [1.807, 2.05) is 13.8 Å². The van der Waals surface area contributed by atoms with Gasteiger partial charge in [-0.3, -0.25) is 0 Å². The molecule has 0 aromatic rings. The van der Waals surface area contributed by atoms with Gasteiger partial charge in [-0.1, -0.05) is 142 Å². The van der Waals surface area contributed by atoms with Gasteiger partial charge in [-0.15, -0.1) is 0 Å². The Kier molecular flexibility index (Phi) is 12.1. The van der Waals surface area contributed by atoms with E-state index in [2.05, 4.69) is 0 Å². The molecule has 0 atom stereocenters. The Morgan fingerprint density at radius 3 is 0.577 bits per heavy atom. The first-order valence-corrected chi connectivity index (χ1v) is 12.9. The summed E-state index contributed by atoms with van der Waals surface area (Å²) in [5.74, 6) is 4.55. The summed E-state index contributed by atoms with van der Waals surface area (Å²) in [7, 11) is 0. The van der Waals surface area contributed by atoms with Crippen LogP contribution in [0, 0.1) is 23.7 Å². The van der Waals surface area contributed by atoms with Gasteiger partial charge in [0.1, 0.15) is 0 Å². The molecule has 0 saturated heterocycles. The molecule has 0 bridgehead atoms. The lowest BCUT2D eigenvalue weighted by Gasteiger charge is -2.32. The highest BCUT2D eigenvalue weighted by molar-refractivity contribution is 4.77. The van der Waals surface area contributed by atoms with Crippen molar-refractivity contribution < 1.29 is 0 Å². The van der Waals surface area contributed by atoms with Crippen molar-refractivity contribution in [2.24, 2.45) is 23.7 Å². The van der Waals surface area contributed by atoms with E-state index < -0.39 is 0 Å². The van der Waals surface area contributed by atoms with Crippen LogP contribution in [0.25, 0.3) is 0 Å². The van der Waals surface area contributed by atoms with E-state index in [-0.39, 0.29) is 0 Å². The van der Waals surface area contributed by atoms with E-state index in [4.69, 9.17) is 0 Å². The van der Waals surface area contributed by atoms with E-state index in [0.717, 1.165) is 23.7 Å². The fraction of sp³-hybridized carbons (Fsp3) is 1.00. The number of hydrogen-bond donors (Lipinski definition) is 0. The second-order valence-electron chi connectivity index (χ2n) is 9.59. The summed E-state index contributed by atoms with van der Waals surface area (Å²) in [5.41, 5.74) is 0. The summed E-state index contributed by atoms with van der Waals surface area (Å²) >= 11 is 0. The maximum atomic E-state index is 2.00. The molecular formula is C26H50. The Bertz CT molecular complexity index is 232. The van der Waals surface area contributed by atoms with Crippen LogP contribution in [0.1, 0.15) is 142 Å². The van der Waals surface area contributed by atoms with Crippen LogP contribution in [0.2, 0.25) is 0 Å². The van der Waals surface area contributed by atoms with Crippen molar-refractivity contribution >= 4 is 0 Å². The predicted molar refractivity (Wildman–Crippen MR) is 118 cm³/mol. The van der Waals surface area contributed by atoms with Crippen molar-refractivity contribution in [3.05, 3.63) is 0 Å². The van der Waals surface area contributed by atoms with Crippen LogP contribution in [-0.2, 0) is 0 Å². The van der Waals surface area contributed by atoms with Gasteiger partial charge in [0.05, 0.1) is 0 Å². The zero-order valence-corrected chi connectivity index (χ0v) is 18.5. The maximum absolute atomic E-state index is 2.00. The minimum absolute atomic E-state index is 1.14. The topological polar surface area (TPSA) is 0 Å². The summed E-state index contributed by atoms with van der Waals surface area (Å²) < 4.78 is 0. The van der Waals surface area contributed by atoms with Crippen LogP contribution in [0.3, 0.4) is 0 Å². The minimum atomic E-state index is 1.14. The first-order chi connectivity index (χ1) is 12.9. The van der Waals surface area contributed by atoms with Gasteiger partial charge in [0.15, 0.2) is 0 Å². The zero-order chi connectivity index (χ0) is 18.5. The van der Waals surface area contributed by atoms with Gasteiger partial charge in [-0.05, 0) is 23.7 Å². The smallest absolute Gasteiger partial charge is 0.0386 e. The molecule has 0 heterocycles. The van der Waals surface area contributed by atoms with Gasteiger partial charge in [-0.25, -0.2) is 0 Å². The van der Waals surface area contributed by atoms with Crippen molar-refractivity contribution in [2.75, 3.05) is 0 Å². The van der Waals surface area contributed by atoms with E-state index in [1.165, 1.54) is 77.0 Å². The third kappa shape index (κ3) is 7.93. The van der Waals surface area contributed by atoms with Gasteiger partial charge >= 0.3 is 0 Å². The maximum Gasteiger partial charge on any atom is -0.0386 e. The lowest BCUT2D eigenvalue weighted by atomic mass is 9.73. The van der Waals surface area contributed by atoms with Crippen LogP contribution in [-0.4, -0.2) is 0 Å². The van der Waals surface area contributed by atoms with E-state index in [9.17, 15) is 0 Å². The fourth-order valence-electron chi connectivity index (χ4n) is 6.42. The molecule has 0 aromatic carbocycles. The molecule has 0 radical (unpaired) electrons. The van der Waals surface area contributed by atoms with E-state index >= 15 is 0 Å². The average Bonchev–Trinajstić information content (AvgIpc) is 2.78. The summed E-state index contributed by atoms with van der Waals surface area (Å²) in [4.78, 5) is 0. The van der Waals surface area contributed by atoms with Crippen molar-refractivity contribution in [1.29, 1.82) is 0 Å². The Balaban J connectivity index is 0.000000171. The Morgan fingerprint density at radius 2 is 0.423 bits per heavy atom. The van der Waals surface area contributed by atoms with Crippen LogP contribution >= 0.6 is 0 Å². The molecule has 154 valence electrons. The van der Waals surface area contributed by atoms with Crippen LogP contribution in [0.4, 0.5) is 0 Å². The van der Waals surface area contributed by atoms with E-state index in [1.54, 1.807) is 51.4 Å². The predicted octanol–water partition coefficient (Wildman–Crippen LogP) is 9.32. The molecule has 0 amide bonds. The molecule has 4 rings (SSSR count). The quantitative estimate of drug-likeness (QED) is 0.459. The molecule has 0 spiro atoms. The Hall–Kier alpha value is 0. The second-order valence-corrected chi connectivity index (χ2v) is 9.59. The molecule has 4 aliphatic rings.